The molecule has 5 nitrogen and oxygen atoms in total. The minimum atomic E-state index is 0. The third-order valence-electron chi connectivity index (χ3n) is 6.10. The fourth-order valence-corrected chi connectivity index (χ4v) is 4.57. The fraction of sp³-hybridized carbons (Fsp3) is 0.462. The Morgan fingerprint density at radius 2 is 1.88 bits per heavy atom. The molecular weight excluding hydrogens is 455 g/mol. The maximum atomic E-state index is 6.69. The molecule has 1 fully saturated rings. The fourth-order valence-electron chi connectivity index (χ4n) is 4.33. The van der Waals surface area contributed by atoms with E-state index in [1.54, 1.807) is 7.11 Å². The number of aromatic nitrogens is 3. The summed E-state index contributed by atoms with van der Waals surface area (Å²) in [6.07, 6.45) is 5.48. The number of methoxy groups -OCH3 is 1. The second-order valence-corrected chi connectivity index (χ2v) is 9.05. The number of ether oxygens (including phenoxy) is 1. The molecule has 1 aliphatic rings. The van der Waals surface area contributed by atoms with Crippen LogP contribution in [-0.2, 0) is 0 Å². The van der Waals surface area contributed by atoms with E-state index in [-0.39, 0.29) is 18.4 Å². The van der Waals surface area contributed by atoms with Crippen LogP contribution in [0.2, 0.25) is 5.02 Å². The van der Waals surface area contributed by atoms with E-state index in [2.05, 4.69) is 55.1 Å². The number of rotatable bonds is 10. The molecule has 0 amide bonds. The first-order valence-electron chi connectivity index (χ1n) is 11.7. The van der Waals surface area contributed by atoms with Gasteiger partial charge in [0.2, 0.25) is 5.95 Å². The predicted octanol–water partition coefficient (Wildman–Crippen LogP) is 7.29. The van der Waals surface area contributed by atoms with Gasteiger partial charge < -0.3 is 9.64 Å². The van der Waals surface area contributed by atoms with Gasteiger partial charge in [0.05, 0.1) is 23.9 Å². The predicted molar refractivity (Wildman–Crippen MR) is 139 cm³/mol. The minimum absolute atomic E-state index is 0. The molecule has 1 saturated carbocycles. The van der Waals surface area contributed by atoms with Crippen molar-refractivity contribution in [1.82, 2.24) is 14.8 Å². The zero-order valence-corrected chi connectivity index (χ0v) is 21.5. The Balaban J connectivity index is 0.00000306. The summed E-state index contributed by atoms with van der Waals surface area (Å²) in [5.41, 5.74) is 3.21. The number of halogens is 2. The molecule has 1 aromatic heterocycles. The second-order valence-electron chi connectivity index (χ2n) is 8.64. The van der Waals surface area contributed by atoms with Gasteiger partial charge in [0.25, 0.3) is 0 Å². The van der Waals surface area contributed by atoms with Gasteiger partial charge >= 0.3 is 0 Å². The van der Waals surface area contributed by atoms with Gasteiger partial charge in [-0.2, -0.15) is 4.98 Å². The Morgan fingerprint density at radius 1 is 1.15 bits per heavy atom. The molecule has 0 spiro atoms. The Kier molecular flexibility index (Phi) is 8.66. The van der Waals surface area contributed by atoms with Gasteiger partial charge in [-0.3, -0.25) is 0 Å². The molecule has 4 rings (SSSR count). The molecule has 2 aromatic carbocycles. The molecule has 0 N–H and O–H groups in total. The summed E-state index contributed by atoms with van der Waals surface area (Å²) in [7, 11) is 1.67. The van der Waals surface area contributed by atoms with Crippen LogP contribution in [0.4, 0.5) is 5.95 Å². The van der Waals surface area contributed by atoms with E-state index >= 15 is 0 Å². The van der Waals surface area contributed by atoms with Gasteiger partial charge in [-0.25, -0.2) is 4.68 Å². The smallest absolute Gasteiger partial charge is 0.245 e. The van der Waals surface area contributed by atoms with Crippen LogP contribution in [0, 0.1) is 6.92 Å². The normalized spacial score (nSPS) is 14.0. The first-order valence-corrected chi connectivity index (χ1v) is 12.1. The zero-order chi connectivity index (χ0) is 22.7. The highest BCUT2D eigenvalue weighted by Crippen LogP contribution is 2.42. The van der Waals surface area contributed by atoms with Crippen molar-refractivity contribution in [3.8, 4) is 11.4 Å². The molecular formula is C26H34Cl2N4O. The van der Waals surface area contributed by atoms with E-state index in [4.69, 9.17) is 26.4 Å². The Bertz CT molecular complexity index is 1050. The van der Waals surface area contributed by atoms with E-state index in [0.717, 1.165) is 67.4 Å². The van der Waals surface area contributed by atoms with Crippen molar-refractivity contribution in [2.75, 3.05) is 18.6 Å². The summed E-state index contributed by atoms with van der Waals surface area (Å²) >= 11 is 6.69. The molecule has 0 unspecified atom stereocenters. The van der Waals surface area contributed by atoms with Gasteiger partial charge in [-0.1, -0.05) is 62.2 Å². The number of hydrogen-bond acceptors (Lipinski definition) is 4. The Hall–Kier alpha value is -2.24. The molecule has 0 radical (unpaired) electrons. The van der Waals surface area contributed by atoms with Crippen LogP contribution in [0.1, 0.15) is 74.9 Å². The van der Waals surface area contributed by atoms with E-state index in [9.17, 15) is 0 Å². The summed E-state index contributed by atoms with van der Waals surface area (Å²) in [4.78, 5) is 7.48. The first-order chi connectivity index (χ1) is 15.6. The highest BCUT2D eigenvalue weighted by molar-refractivity contribution is 6.32. The lowest BCUT2D eigenvalue weighted by molar-refractivity contribution is 0.411. The van der Waals surface area contributed by atoms with Crippen molar-refractivity contribution in [3.05, 3.63) is 64.4 Å². The number of hydrogen-bond donors (Lipinski definition) is 0. The van der Waals surface area contributed by atoms with Gasteiger partial charge in [-0.05, 0) is 49.8 Å². The Labute approximate surface area is 208 Å². The standard InChI is InChI=1S/C26H33ClN4O.ClH/c1-5-10-22(19-11-8-7-9-12-19)30(15-6-2)26-28-25(20-13-14-20)31(29-26)23-16-18(3)24(32-4)17-21(23)27;/h7-9,11-12,16-17,20,22H,5-6,10,13-15H2,1-4H3;1H/t22-;/m0./s1. The lowest BCUT2D eigenvalue weighted by Gasteiger charge is -2.31. The highest BCUT2D eigenvalue weighted by Gasteiger charge is 2.33. The van der Waals surface area contributed by atoms with Crippen LogP contribution in [0.25, 0.3) is 5.69 Å². The average molecular weight is 489 g/mol. The lowest BCUT2D eigenvalue weighted by Crippen LogP contribution is -2.30. The maximum absolute atomic E-state index is 6.69. The Morgan fingerprint density at radius 3 is 2.48 bits per heavy atom. The SMILES string of the molecule is CCC[C@@H](c1ccccc1)N(CCC)c1nc(C2CC2)n(-c2cc(C)c(OC)cc2Cl)n1.Cl. The van der Waals surface area contributed by atoms with Crippen LogP contribution >= 0.6 is 24.0 Å². The lowest BCUT2D eigenvalue weighted by atomic mass is 10.0. The van der Waals surface area contributed by atoms with Crippen LogP contribution in [0.15, 0.2) is 42.5 Å². The molecule has 0 bridgehead atoms. The van der Waals surface area contributed by atoms with Gasteiger partial charge in [0, 0.05) is 18.5 Å². The second kappa shape index (κ2) is 11.3. The average Bonchev–Trinajstić information content (AvgIpc) is 3.56. The zero-order valence-electron chi connectivity index (χ0n) is 19.9. The number of benzene rings is 2. The molecule has 0 aliphatic heterocycles. The number of anilines is 1. The topological polar surface area (TPSA) is 43.2 Å². The molecule has 0 saturated heterocycles. The van der Waals surface area contributed by atoms with Crippen LogP contribution in [-0.4, -0.2) is 28.4 Å². The summed E-state index contributed by atoms with van der Waals surface area (Å²) < 4.78 is 7.42. The van der Waals surface area contributed by atoms with Crippen molar-refractivity contribution in [3.63, 3.8) is 0 Å². The van der Waals surface area contributed by atoms with Crippen molar-refractivity contribution in [1.29, 1.82) is 0 Å². The van der Waals surface area contributed by atoms with Crippen molar-refractivity contribution in [2.24, 2.45) is 0 Å². The number of nitrogens with zero attached hydrogens (tertiary/aromatic N) is 4. The monoisotopic (exact) mass is 488 g/mol. The van der Waals surface area contributed by atoms with E-state index in [0.29, 0.717) is 10.9 Å². The maximum Gasteiger partial charge on any atom is 0.245 e. The van der Waals surface area contributed by atoms with Crippen LogP contribution in [0.3, 0.4) is 0 Å². The van der Waals surface area contributed by atoms with Gasteiger partial charge in [0.1, 0.15) is 11.6 Å². The molecule has 1 aliphatic carbocycles. The van der Waals surface area contributed by atoms with E-state index < -0.39 is 0 Å². The molecule has 3 aromatic rings. The largest absolute Gasteiger partial charge is 0.496 e. The third kappa shape index (κ3) is 5.47. The van der Waals surface area contributed by atoms with Crippen LogP contribution in [0.5, 0.6) is 5.75 Å². The summed E-state index contributed by atoms with van der Waals surface area (Å²) in [6.45, 7) is 7.39. The van der Waals surface area contributed by atoms with Crippen molar-refractivity contribution in [2.45, 2.75) is 64.8 Å². The van der Waals surface area contributed by atoms with Crippen molar-refractivity contribution >= 4 is 30.0 Å². The van der Waals surface area contributed by atoms with E-state index in [1.807, 2.05) is 17.7 Å². The van der Waals surface area contributed by atoms with Crippen molar-refractivity contribution < 1.29 is 4.74 Å². The highest BCUT2D eigenvalue weighted by atomic mass is 35.5. The van der Waals surface area contributed by atoms with E-state index in [1.165, 1.54) is 5.56 Å². The minimum Gasteiger partial charge on any atom is -0.496 e. The van der Waals surface area contributed by atoms with Gasteiger partial charge in [-0.15, -0.1) is 17.5 Å². The molecule has 178 valence electrons. The quantitative estimate of drug-likeness (QED) is 0.300. The number of aryl methyl sites for hydroxylation is 1. The molecule has 1 heterocycles. The summed E-state index contributed by atoms with van der Waals surface area (Å²) in [5.74, 6) is 3.03. The first kappa shape index (κ1) is 25.4. The molecule has 1 atom stereocenters. The van der Waals surface area contributed by atoms with Gasteiger partial charge in [0.15, 0.2) is 0 Å². The summed E-state index contributed by atoms with van der Waals surface area (Å²) in [5, 5.41) is 5.68. The summed E-state index contributed by atoms with van der Waals surface area (Å²) in [6, 6.07) is 14.9. The molecule has 7 heteroatoms. The third-order valence-corrected chi connectivity index (χ3v) is 6.40. The molecule has 33 heavy (non-hydrogen) atoms. The van der Waals surface area contributed by atoms with Crippen LogP contribution < -0.4 is 9.64 Å².